The number of hydrogen-bond donors (Lipinski definition) is 0. The van der Waals surface area contributed by atoms with Crippen LogP contribution in [0.15, 0.2) is 78.9 Å². The molecular weight excluding hydrogens is 470 g/mol. The van der Waals surface area contributed by atoms with Crippen LogP contribution in [0.1, 0.15) is 60.0 Å². The van der Waals surface area contributed by atoms with E-state index in [-0.39, 0.29) is 11.2 Å². The van der Waals surface area contributed by atoms with Gasteiger partial charge in [-0.15, -0.1) is 0 Å². The van der Waals surface area contributed by atoms with E-state index >= 15 is 0 Å². The Bertz CT molecular complexity index is 1100. The Kier molecular flexibility index (Phi) is 9.32. The predicted molar refractivity (Wildman–Crippen MR) is 145 cm³/mol. The lowest BCUT2D eigenvalue weighted by molar-refractivity contribution is -0.109. The lowest BCUT2D eigenvalue weighted by Crippen LogP contribution is -2.43. The molecule has 0 amide bonds. The standard InChI is InChI=1S/C31H34ClNO3/c32-28-13-9-25(10-14-28)30(35)26-11-15-29(16-12-26)36-24-6-2-5-20-33-21-17-31(18-22-33,19-23-34)27-7-3-1-4-8-27/h1,3-4,7-16,23H,2,5-6,17-22,24H2. The summed E-state index contributed by atoms with van der Waals surface area (Å²) in [4.78, 5) is 26.5. The minimum absolute atomic E-state index is 0.00231. The smallest absolute Gasteiger partial charge is 0.193 e. The number of nitrogens with zero attached hydrogens (tertiary/aromatic N) is 1. The van der Waals surface area contributed by atoms with E-state index in [2.05, 4.69) is 29.2 Å². The van der Waals surface area contributed by atoms with Gasteiger partial charge in [0.2, 0.25) is 0 Å². The van der Waals surface area contributed by atoms with Gasteiger partial charge >= 0.3 is 0 Å². The van der Waals surface area contributed by atoms with Gasteiger partial charge in [0.15, 0.2) is 5.78 Å². The maximum absolute atomic E-state index is 12.6. The Morgan fingerprint density at radius 2 is 1.50 bits per heavy atom. The molecule has 0 N–H and O–H groups in total. The Morgan fingerprint density at radius 1 is 0.861 bits per heavy atom. The summed E-state index contributed by atoms with van der Waals surface area (Å²) in [6.45, 7) is 3.84. The van der Waals surface area contributed by atoms with Crippen molar-refractivity contribution in [1.29, 1.82) is 0 Å². The number of rotatable bonds is 12. The average molecular weight is 504 g/mol. The summed E-state index contributed by atoms with van der Waals surface area (Å²) in [5.74, 6) is 0.759. The van der Waals surface area contributed by atoms with Gasteiger partial charge in [-0.3, -0.25) is 4.79 Å². The SMILES string of the molecule is O=CCC1(c2ccccc2)CCN(CCCCCOc2ccc(C(=O)c3ccc(Cl)cc3)cc2)CC1. The Hall–Kier alpha value is -2.95. The highest BCUT2D eigenvalue weighted by Gasteiger charge is 2.35. The largest absolute Gasteiger partial charge is 0.494 e. The van der Waals surface area contributed by atoms with Crippen LogP contribution in [0.2, 0.25) is 5.02 Å². The highest BCUT2D eigenvalue weighted by atomic mass is 35.5. The van der Waals surface area contributed by atoms with Crippen molar-refractivity contribution < 1.29 is 14.3 Å². The first-order valence-corrected chi connectivity index (χ1v) is 13.2. The molecule has 1 heterocycles. The maximum Gasteiger partial charge on any atom is 0.193 e. The first kappa shape index (κ1) is 26.1. The molecule has 4 nitrogen and oxygen atoms in total. The van der Waals surface area contributed by atoms with Crippen LogP contribution in [-0.2, 0) is 10.2 Å². The van der Waals surface area contributed by atoms with Crippen LogP contribution in [0.5, 0.6) is 5.75 Å². The van der Waals surface area contributed by atoms with Crippen LogP contribution in [0.4, 0.5) is 0 Å². The molecule has 0 spiro atoms. The molecule has 0 bridgehead atoms. The summed E-state index contributed by atoms with van der Waals surface area (Å²) in [7, 11) is 0. The van der Waals surface area contributed by atoms with Crippen LogP contribution in [0, 0.1) is 0 Å². The fourth-order valence-electron chi connectivity index (χ4n) is 5.04. The van der Waals surface area contributed by atoms with Crippen molar-refractivity contribution >= 4 is 23.7 Å². The normalized spacial score (nSPS) is 15.4. The summed E-state index contributed by atoms with van der Waals surface area (Å²) >= 11 is 5.90. The molecule has 5 heteroatoms. The molecule has 188 valence electrons. The number of ether oxygens (including phenoxy) is 1. The zero-order chi connectivity index (χ0) is 25.2. The van der Waals surface area contributed by atoms with Crippen molar-refractivity contribution in [2.75, 3.05) is 26.2 Å². The molecule has 0 unspecified atom stereocenters. The molecule has 36 heavy (non-hydrogen) atoms. The van der Waals surface area contributed by atoms with Gasteiger partial charge in [-0.1, -0.05) is 41.9 Å². The van der Waals surface area contributed by atoms with E-state index in [4.69, 9.17) is 16.3 Å². The number of ketones is 1. The van der Waals surface area contributed by atoms with Crippen LogP contribution in [0.3, 0.4) is 0 Å². The molecule has 0 aromatic heterocycles. The summed E-state index contributed by atoms with van der Waals surface area (Å²) in [5.41, 5.74) is 2.56. The number of benzene rings is 3. The van der Waals surface area contributed by atoms with E-state index in [0.29, 0.717) is 29.2 Å². The van der Waals surface area contributed by atoms with Crippen LogP contribution < -0.4 is 4.74 Å². The summed E-state index contributed by atoms with van der Waals surface area (Å²) < 4.78 is 5.88. The number of unbranched alkanes of at least 4 members (excludes halogenated alkanes) is 2. The van der Waals surface area contributed by atoms with Gasteiger partial charge in [-0.25, -0.2) is 0 Å². The van der Waals surface area contributed by atoms with Gasteiger partial charge in [0.05, 0.1) is 6.61 Å². The second-order valence-electron chi connectivity index (χ2n) is 9.63. The van der Waals surface area contributed by atoms with E-state index in [1.54, 1.807) is 24.3 Å². The van der Waals surface area contributed by atoms with Crippen LogP contribution in [0.25, 0.3) is 0 Å². The van der Waals surface area contributed by atoms with E-state index in [1.165, 1.54) is 5.56 Å². The number of likely N-dealkylation sites (tertiary alicyclic amines) is 1. The molecule has 4 rings (SSSR count). The number of hydrogen-bond acceptors (Lipinski definition) is 4. The van der Waals surface area contributed by atoms with E-state index < -0.39 is 0 Å². The van der Waals surface area contributed by atoms with Gasteiger partial charge in [-0.05, 0) is 106 Å². The van der Waals surface area contributed by atoms with Gasteiger partial charge in [0.1, 0.15) is 12.0 Å². The third-order valence-corrected chi connectivity index (χ3v) is 7.54. The molecule has 1 saturated heterocycles. The van der Waals surface area contributed by atoms with Crippen molar-refractivity contribution in [1.82, 2.24) is 4.90 Å². The Labute approximate surface area is 219 Å². The topological polar surface area (TPSA) is 46.6 Å². The monoisotopic (exact) mass is 503 g/mol. The zero-order valence-electron chi connectivity index (χ0n) is 20.7. The van der Waals surface area contributed by atoms with Gasteiger partial charge < -0.3 is 14.4 Å². The number of carbonyl (C=O) groups is 2. The van der Waals surface area contributed by atoms with Gasteiger partial charge in [-0.2, -0.15) is 0 Å². The molecule has 3 aromatic rings. The molecule has 1 fully saturated rings. The third-order valence-electron chi connectivity index (χ3n) is 7.28. The second-order valence-corrected chi connectivity index (χ2v) is 10.1. The molecule has 1 aliphatic rings. The minimum atomic E-state index is -0.0249. The lowest BCUT2D eigenvalue weighted by atomic mass is 9.71. The first-order valence-electron chi connectivity index (χ1n) is 12.8. The summed E-state index contributed by atoms with van der Waals surface area (Å²) in [6.07, 6.45) is 7.03. The Balaban J connectivity index is 1.14. The summed E-state index contributed by atoms with van der Waals surface area (Å²) in [6, 6.07) is 24.8. The molecule has 3 aromatic carbocycles. The number of carbonyl (C=O) groups excluding carboxylic acids is 2. The highest BCUT2D eigenvalue weighted by molar-refractivity contribution is 6.30. The lowest BCUT2D eigenvalue weighted by Gasteiger charge is -2.41. The predicted octanol–water partition coefficient (Wildman–Crippen LogP) is 6.74. The zero-order valence-corrected chi connectivity index (χ0v) is 21.5. The van der Waals surface area contributed by atoms with Gasteiger partial charge in [0.25, 0.3) is 0 Å². The van der Waals surface area contributed by atoms with E-state index in [9.17, 15) is 9.59 Å². The Morgan fingerprint density at radius 3 is 2.14 bits per heavy atom. The molecule has 0 radical (unpaired) electrons. The van der Waals surface area contributed by atoms with Crippen molar-refractivity contribution in [3.8, 4) is 5.75 Å². The number of halogens is 1. The van der Waals surface area contributed by atoms with Crippen molar-refractivity contribution in [2.45, 2.75) is 43.9 Å². The maximum atomic E-state index is 12.6. The molecular formula is C31H34ClNO3. The van der Waals surface area contributed by atoms with Gasteiger partial charge in [0, 0.05) is 28.0 Å². The van der Waals surface area contributed by atoms with Crippen molar-refractivity contribution in [2.24, 2.45) is 0 Å². The number of aldehydes is 1. The van der Waals surface area contributed by atoms with Crippen molar-refractivity contribution in [3.63, 3.8) is 0 Å². The molecule has 1 aliphatic heterocycles. The fourth-order valence-corrected chi connectivity index (χ4v) is 5.17. The van der Waals surface area contributed by atoms with Crippen molar-refractivity contribution in [3.05, 3.63) is 101 Å². The quantitative estimate of drug-likeness (QED) is 0.156. The van der Waals surface area contributed by atoms with E-state index in [1.807, 2.05) is 30.3 Å². The minimum Gasteiger partial charge on any atom is -0.494 e. The van der Waals surface area contributed by atoms with E-state index in [0.717, 1.165) is 63.8 Å². The third kappa shape index (κ3) is 6.83. The summed E-state index contributed by atoms with van der Waals surface area (Å²) in [5, 5.41) is 0.617. The first-order chi connectivity index (χ1) is 17.6. The second kappa shape index (κ2) is 12.8. The highest BCUT2D eigenvalue weighted by Crippen LogP contribution is 2.38. The van der Waals surface area contributed by atoms with Crippen LogP contribution >= 0.6 is 11.6 Å². The number of piperidine rings is 1. The fraction of sp³-hybridized carbons (Fsp3) is 0.355. The molecule has 0 aliphatic carbocycles. The molecule has 0 atom stereocenters. The molecule has 0 saturated carbocycles. The van der Waals surface area contributed by atoms with Crippen LogP contribution in [-0.4, -0.2) is 43.2 Å². The average Bonchev–Trinajstić information content (AvgIpc) is 2.92.